The number of aromatic nitrogens is 2. The third-order valence-electron chi connectivity index (χ3n) is 4.60. The quantitative estimate of drug-likeness (QED) is 0.508. The molecule has 0 spiro atoms. The number of rotatable bonds is 3. The lowest BCUT2D eigenvalue weighted by molar-refractivity contribution is -0.138. The van der Waals surface area contributed by atoms with Crippen LogP contribution >= 0.6 is 23.0 Å². The number of nitriles is 1. The molecule has 1 aliphatic carbocycles. The predicted octanol–water partition coefficient (Wildman–Crippen LogP) is 3.96. The highest BCUT2D eigenvalue weighted by Gasteiger charge is 2.55. The van der Waals surface area contributed by atoms with Crippen LogP contribution in [0.1, 0.15) is 23.9 Å². The summed E-state index contributed by atoms with van der Waals surface area (Å²) in [4.78, 5) is 5.82. The molecule has 1 saturated heterocycles. The van der Waals surface area contributed by atoms with Gasteiger partial charge in [0.15, 0.2) is 29.2 Å². The lowest BCUT2D eigenvalue weighted by Gasteiger charge is -2.17. The summed E-state index contributed by atoms with van der Waals surface area (Å²) in [7, 11) is 0. The summed E-state index contributed by atoms with van der Waals surface area (Å²) < 4.78 is 49.4. The molecule has 2 aliphatic rings. The van der Waals surface area contributed by atoms with Crippen LogP contribution in [0.15, 0.2) is 22.7 Å². The molecule has 1 aliphatic heterocycles. The van der Waals surface area contributed by atoms with E-state index in [1.807, 2.05) is 0 Å². The molecule has 1 aromatic carbocycles. The molecular weight excluding hydrogens is 452 g/mol. The number of hydrogen-bond donors (Lipinski definition) is 0. The molecule has 25 heavy (non-hydrogen) atoms. The standard InChI is InChI=1S/C15H10F3IN4O2/c16-15(17,18)10-4-7(1-2-11(10)24-19)13-21-14(25-22-13)12-9-3-8(9)5-23(12)6-20/h1-2,4,8-9,12H,3,5H2/t8-,9?,12?/m0/s1. The van der Waals surface area contributed by atoms with E-state index in [-0.39, 0.29) is 29.1 Å². The molecule has 3 atom stereocenters. The van der Waals surface area contributed by atoms with Crippen LogP contribution < -0.4 is 3.07 Å². The van der Waals surface area contributed by atoms with E-state index in [9.17, 15) is 18.4 Å². The third-order valence-corrected chi connectivity index (χ3v) is 5.07. The maximum Gasteiger partial charge on any atom is 0.420 e. The van der Waals surface area contributed by atoms with Crippen LogP contribution in [0.4, 0.5) is 13.2 Å². The molecule has 2 unspecified atom stereocenters. The first kappa shape index (κ1) is 16.4. The number of fused-ring (bicyclic) bond motifs is 1. The van der Waals surface area contributed by atoms with Gasteiger partial charge in [0.1, 0.15) is 11.8 Å². The molecule has 2 fully saturated rings. The molecule has 0 radical (unpaired) electrons. The number of nitrogens with zero attached hydrogens (tertiary/aromatic N) is 4. The van der Waals surface area contributed by atoms with Crippen LogP contribution in [0.25, 0.3) is 11.4 Å². The molecular formula is C15H10F3IN4O2. The first-order chi connectivity index (χ1) is 11.9. The number of benzene rings is 1. The second-order valence-corrected chi connectivity index (χ2v) is 6.54. The van der Waals surface area contributed by atoms with Gasteiger partial charge in [-0.05, 0) is 36.5 Å². The number of likely N-dealkylation sites (tertiary alicyclic amines) is 1. The van der Waals surface area contributed by atoms with Gasteiger partial charge in [0.25, 0.3) is 5.89 Å². The fraction of sp³-hybridized carbons (Fsp3) is 0.400. The SMILES string of the molecule is N#CN1C[C@@H]2CC2C1c1nc(-c2ccc(OI)c(C(F)(F)F)c2)no1. The first-order valence-electron chi connectivity index (χ1n) is 7.42. The van der Waals surface area contributed by atoms with Crippen LogP contribution in [-0.2, 0) is 6.18 Å². The zero-order valence-electron chi connectivity index (χ0n) is 12.5. The van der Waals surface area contributed by atoms with Crippen molar-refractivity contribution in [2.45, 2.75) is 18.6 Å². The van der Waals surface area contributed by atoms with Gasteiger partial charge in [0.05, 0.1) is 5.56 Å². The summed E-state index contributed by atoms with van der Waals surface area (Å²) in [6.45, 7) is 0.656. The summed E-state index contributed by atoms with van der Waals surface area (Å²) in [5.41, 5.74) is -0.735. The summed E-state index contributed by atoms with van der Waals surface area (Å²) in [5, 5.41) is 13.0. The molecule has 130 valence electrons. The lowest BCUT2D eigenvalue weighted by atomic mass is 10.1. The van der Waals surface area contributed by atoms with Gasteiger partial charge in [-0.1, -0.05) is 5.16 Å². The van der Waals surface area contributed by atoms with Gasteiger partial charge < -0.3 is 7.59 Å². The Morgan fingerprint density at radius 2 is 2.20 bits per heavy atom. The highest BCUT2D eigenvalue weighted by atomic mass is 127. The van der Waals surface area contributed by atoms with Crippen molar-refractivity contribution in [1.29, 1.82) is 5.26 Å². The molecule has 0 amide bonds. The van der Waals surface area contributed by atoms with E-state index >= 15 is 0 Å². The largest absolute Gasteiger partial charge is 0.427 e. The molecule has 4 rings (SSSR count). The predicted molar refractivity (Wildman–Crippen MR) is 86.0 cm³/mol. The van der Waals surface area contributed by atoms with Gasteiger partial charge in [0, 0.05) is 12.1 Å². The second kappa shape index (κ2) is 5.76. The monoisotopic (exact) mass is 462 g/mol. The normalized spacial score (nSPS) is 24.8. The van der Waals surface area contributed by atoms with E-state index < -0.39 is 11.7 Å². The Morgan fingerprint density at radius 1 is 1.40 bits per heavy atom. The summed E-state index contributed by atoms with van der Waals surface area (Å²) >= 11 is 1.40. The van der Waals surface area contributed by atoms with Gasteiger partial charge in [-0.2, -0.15) is 23.4 Å². The van der Waals surface area contributed by atoms with Crippen molar-refractivity contribution < 1.29 is 20.8 Å². The van der Waals surface area contributed by atoms with Gasteiger partial charge in [-0.25, -0.2) is 0 Å². The van der Waals surface area contributed by atoms with E-state index in [2.05, 4.69) is 16.3 Å². The van der Waals surface area contributed by atoms with E-state index in [1.54, 1.807) is 4.90 Å². The molecule has 2 aromatic rings. The van der Waals surface area contributed by atoms with Gasteiger partial charge >= 0.3 is 6.18 Å². The fourth-order valence-corrected chi connectivity index (χ4v) is 3.70. The molecule has 1 aromatic heterocycles. The van der Waals surface area contributed by atoms with Crippen molar-refractivity contribution in [3.05, 3.63) is 29.7 Å². The highest BCUT2D eigenvalue weighted by molar-refractivity contribution is 14.1. The van der Waals surface area contributed by atoms with Crippen molar-refractivity contribution in [3.63, 3.8) is 0 Å². The minimum Gasteiger partial charge on any atom is -0.427 e. The van der Waals surface area contributed by atoms with Crippen LogP contribution in [0.5, 0.6) is 5.75 Å². The van der Waals surface area contributed by atoms with Crippen molar-refractivity contribution >= 4 is 23.0 Å². The van der Waals surface area contributed by atoms with Crippen LogP contribution in [0.3, 0.4) is 0 Å². The topological polar surface area (TPSA) is 75.2 Å². The first-order valence-corrected chi connectivity index (χ1v) is 8.30. The molecule has 2 heterocycles. The Kier molecular flexibility index (Phi) is 3.78. The number of halogens is 4. The van der Waals surface area contributed by atoms with Crippen LogP contribution in [0.2, 0.25) is 0 Å². The van der Waals surface area contributed by atoms with Crippen molar-refractivity contribution in [3.8, 4) is 23.3 Å². The van der Waals surface area contributed by atoms with Crippen molar-refractivity contribution in [2.75, 3.05) is 6.54 Å². The zero-order chi connectivity index (χ0) is 17.8. The lowest BCUT2D eigenvalue weighted by Crippen LogP contribution is -2.21. The van der Waals surface area contributed by atoms with E-state index in [0.29, 0.717) is 18.4 Å². The maximum absolute atomic E-state index is 13.1. The molecule has 0 N–H and O–H groups in total. The Labute approximate surface area is 154 Å². The van der Waals surface area contributed by atoms with Gasteiger partial charge in [-0.3, -0.25) is 4.90 Å². The molecule has 0 bridgehead atoms. The fourth-order valence-electron chi connectivity index (χ4n) is 3.31. The maximum atomic E-state index is 13.1. The van der Waals surface area contributed by atoms with Gasteiger partial charge in [-0.15, -0.1) is 0 Å². The van der Waals surface area contributed by atoms with E-state index in [0.717, 1.165) is 12.5 Å². The smallest absolute Gasteiger partial charge is 0.420 e. The molecule has 1 saturated carbocycles. The van der Waals surface area contributed by atoms with Gasteiger partial charge in [0.2, 0.25) is 5.82 Å². The average molecular weight is 462 g/mol. The summed E-state index contributed by atoms with van der Waals surface area (Å²) in [6, 6.07) is 3.30. The Balaban J connectivity index is 1.68. The Hall–Kier alpha value is -2.03. The van der Waals surface area contributed by atoms with E-state index in [1.165, 1.54) is 35.1 Å². The Bertz CT molecular complexity index is 863. The molecule has 6 nitrogen and oxygen atoms in total. The minimum atomic E-state index is -4.56. The van der Waals surface area contributed by atoms with Crippen LogP contribution in [-0.4, -0.2) is 21.6 Å². The molecule has 10 heteroatoms. The van der Waals surface area contributed by atoms with Crippen molar-refractivity contribution in [2.24, 2.45) is 11.8 Å². The summed E-state index contributed by atoms with van der Waals surface area (Å²) in [6.07, 6.45) is -1.46. The average Bonchev–Trinajstić information content (AvgIpc) is 3.03. The number of piperidine rings is 1. The van der Waals surface area contributed by atoms with Crippen LogP contribution in [0, 0.1) is 23.3 Å². The highest BCUT2D eigenvalue weighted by Crippen LogP contribution is 2.55. The summed E-state index contributed by atoms with van der Waals surface area (Å²) in [5.74, 6) is 0.796. The van der Waals surface area contributed by atoms with Crippen molar-refractivity contribution in [1.82, 2.24) is 15.0 Å². The van der Waals surface area contributed by atoms with E-state index in [4.69, 9.17) is 7.59 Å². The number of alkyl halides is 3. The zero-order valence-corrected chi connectivity index (χ0v) is 14.7. The minimum absolute atomic E-state index is 0.0579. The third kappa shape index (κ3) is 2.80. The Morgan fingerprint density at radius 3 is 2.88 bits per heavy atom. The second-order valence-electron chi connectivity index (χ2n) is 6.10. The number of hydrogen-bond acceptors (Lipinski definition) is 6.